The first-order valence-electron chi connectivity index (χ1n) is 5.97. The zero-order valence-corrected chi connectivity index (χ0v) is 12.5. The zero-order valence-electron chi connectivity index (χ0n) is 10.9. The molecule has 3 N–H and O–H groups in total. The lowest BCUT2D eigenvalue weighted by Gasteiger charge is -2.09. The Morgan fingerprint density at radius 2 is 1.95 bits per heavy atom. The molecule has 0 spiro atoms. The average Bonchev–Trinajstić information content (AvgIpc) is 2.38. The standard InChI is InChI=1S/C14H14BrN3O2/c1-9-2-4-10(5-3-9)17-13(19)8-18-6-11(15)14(20)12(16)7-18/h2-7H,8,16H2,1H3,(H,17,19). The maximum absolute atomic E-state index is 11.9. The number of aromatic nitrogens is 1. The number of nitrogens with one attached hydrogen (secondary N) is 1. The van der Waals surface area contributed by atoms with Crippen LogP contribution in [0.3, 0.4) is 0 Å². The highest BCUT2D eigenvalue weighted by atomic mass is 79.9. The Morgan fingerprint density at radius 3 is 2.55 bits per heavy atom. The Morgan fingerprint density at radius 1 is 1.30 bits per heavy atom. The Kier molecular flexibility index (Phi) is 4.24. The molecule has 0 atom stereocenters. The van der Waals surface area contributed by atoms with Crippen LogP contribution in [0, 0.1) is 6.92 Å². The number of carbonyl (C=O) groups is 1. The summed E-state index contributed by atoms with van der Waals surface area (Å²) >= 11 is 3.12. The van der Waals surface area contributed by atoms with E-state index < -0.39 is 0 Å². The van der Waals surface area contributed by atoms with Crippen molar-refractivity contribution in [3.8, 4) is 0 Å². The molecule has 0 fully saturated rings. The van der Waals surface area contributed by atoms with Gasteiger partial charge in [-0.3, -0.25) is 9.59 Å². The number of aryl methyl sites for hydroxylation is 1. The van der Waals surface area contributed by atoms with Crippen molar-refractivity contribution in [2.24, 2.45) is 0 Å². The summed E-state index contributed by atoms with van der Waals surface area (Å²) in [4.78, 5) is 23.4. The first-order chi connectivity index (χ1) is 9.45. The first kappa shape index (κ1) is 14.3. The van der Waals surface area contributed by atoms with Crippen LogP contribution in [0.25, 0.3) is 0 Å². The predicted octanol–water partition coefficient (Wildman–Crippen LogP) is 2.14. The van der Waals surface area contributed by atoms with Crippen molar-refractivity contribution in [1.82, 2.24) is 4.57 Å². The largest absolute Gasteiger partial charge is 0.394 e. The highest BCUT2D eigenvalue weighted by Gasteiger charge is 2.06. The van der Waals surface area contributed by atoms with Crippen LogP contribution in [-0.4, -0.2) is 10.5 Å². The van der Waals surface area contributed by atoms with Crippen molar-refractivity contribution in [2.75, 3.05) is 11.1 Å². The number of amides is 1. The smallest absolute Gasteiger partial charge is 0.244 e. The van der Waals surface area contributed by atoms with Crippen molar-refractivity contribution in [1.29, 1.82) is 0 Å². The maximum atomic E-state index is 11.9. The molecule has 0 radical (unpaired) electrons. The molecule has 0 unspecified atom stereocenters. The molecule has 104 valence electrons. The fourth-order valence-corrected chi connectivity index (χ4v) is 2.20. The van der Waals surface area contributed by atoms with Crippen LogP contribution in [0.2, 0.25) is 0 Å². The van der Waals surface area contributed by atoms with Gasteiger partial charge in [-0.15, -0.1) is 0 Å². The van der Waals surface area contributed by atoms with Crippen molar-refractivity contribution < 1.29 is 4.79 Å². The van der Waals surface area contributed by atoms with E-state index in [0.29, 0.717) is 4.47 Å². The van der Waals surface area contributed by atoms with Gasteiger partial charge in [-0.1, -0.05) is 17.7 Å². The molecule has 0 aliphatic carbocycles. The van der Waals surface area contributed by atoms with E-state index in [2.05, 4.69) is 21.2 Å². The van der Waals surface area contributed by atoms with Gasteiger partial charge < -0.3 is 15.6 Å². The first-order valence-corrected chi connectivity index (χ1v) is 6.76. The van der Waals surface area contributed by atoms with E-state index in [4.69, 9.17) is 5.73 Å². The fourth-order valence-electron chi connectivity index (χ4n) is 1.71. The minimum atomic E-state index is -0.278. The molecule has 1 aromatic heterocycles. The van der Waals surface area contributed by atoms with Gasteiger partial charge in [0.15, 0.2) is 0 Å². The van der Waals surface area contributed by atoms with Crippen molar-refractivity contribution in [3.05, 3.63) is 56.9 Å². The second kappa shape index (κ2) is 5.92. The summed E-state index contributed by atoms with van der Waals surface area (Å²) in [6.07, 6.45) is 2.98. The summed E-state index contributed by atoms with van der Waals surface area (Å²) in [5.74, 6) is -0.191. The van der Waals surface area contributed by atoms with Gasteiger partial charge in [0.05, 0.1) is 10.2 Å². The summed E-state index contributed by atoms with van der Waals surface area (Å²) in [6, 6.07) is 7.51. The number of nitrogens with zero attached hydrogens (tertiary/aromatic N) is 1. The van der Waals surface area contributed by atoms with Crippen LogP contribution < -0.4 is 16.5 Å². The Labute approximate surface area is 124 Å². The molecular formula is C14H14BrN3O2. The summed E-state index contributed by atoms with van der Waals surface area (Å²) in [5.41, 5.74) is 7.25. The third-order valence-corrected chi connectivity index (χ3v) is 3.29. The second-order valence-corrected chi connectivity index (χ2v) is 5.33. The van der Waals surface area contributed by atoms with Gasteiger partial charge in [-0.25, -0.2) is 0 Å². The second-order valence-electron chi connectivity index (χ2n) is 4.48. The molecule has 1 amide bonds. The van der Waals surface area contributed by atoms with Crippen LogP contribution in [0.15, 0.2) is 45.9 Å². The minimum Gasteiger partial charge on any atom is -0.394 e. The van der Waals surface area contributed by atoms with Gasteiger partial charge in [-0.2, -0.15) is 0 Å². The third kappa shape index (κ3) is 3.48. The quantitative estimate of drug-likeness (QED) is 0.902. The van der Waals surface area contributed by atoms with Gasteiger partial charge in [0.1, 0.15) is 6.54 Å². The maximum Gasteiger partial charge on any atom is 0.244 e. The van der Waals surface area contributed by atoms with Crippen molar-refractivity contribution in [3.63, 3.8) is 0 Å². The van der Waals surface area contributed by atoms with Gasteiger partial charge in [0.25, 0.3) is 0 Å². The van der Waals surface area contributed by atoms with Crippen LogP contribution in [0.1, 0.15) is 5.56 Å². The van der Waals surface area contributed by atoms with E-state index in [-0.39, 0.29) is 23.6 Å². The summed E-state index contributed by atoms with van der Waals surface area (Å²) in [7, 11) is 0. The molecule has 0 aliphatic heterocycles. The number of hydrogen-bond donors (Lipinski definition) is 2. The number of pyridine rings is 1. The predicted molar refractivity (Wildman–Crippen MR) is 82.6 cm³/mol. The molecular weight excluding hydrogens is 322 g/mol. The monoisotopic (exact) mass is 335 g/mol. The van der Waals surface area contributed by atoms with E-state index in [1.165, 1.54) is 12.4 Å². The lowest BCUT2D eigenvalue weighted by atomic mass is 10.2. The van der Waals surface area contributed by atoms with E-state index >= 15 is 0 Å². The molecule has 0 bridgehead atoms. The average molecular weight is 336 g/mol. The zero-order chi connectivity index (χ0) is 14.7. The Bertz CT molecular complexity index is 666. The summed E-state index contributed by atoms with van der Waals surface area (Å²) in [5, 5.41) is 2.78. The Hall–Kier alpha value is -2.08. The number of nitrogens with two attached hydrogens (primary N) is 1. The van der Waals surface area contributed by atoms with Crippen molar-refractivity contribution >= 4 is 33.2 Å². The number of benzene rings is 1. The van der Waals surface area contributed by atoms with E-state index in [1.807, 2.05) is 31.2 Å². The lowest BCUT2D eigenvalue weighted by molar-refractivity contribution is -0.116. The van der Waals surface area contributed by atoms with E-state index in [0.717, 1.165) is 11.3 Å². The van der Waals surface area contributed by atoms with E-state index in [1.54, 1.807) is 4.57 Å². The number of anilines is 2. The van der Waals surface area contributed by atoms with Crippen LogP contribution in [0.4, 0.5) is 11.4 Å². The van der Waals surface area contributed by atoms with E-state index in [9.17, 15) is 9.59 Å². The minimum absolute atomic E-state index is 0.0803. The lowest BCUT2D eigenvalue weighted by Crippen LogP contribution is -2.21. The van der Waals surface area contributed by atoms with Crippen LogP contribution in [0.5, 0.6) is 0 Å². The number of nitrogen functional groups attached to an aromatic ring is 1. The summed E-state index contributed by atoms with van der Waals surface area (Å²) in [6.45, 7) is 2.06. The Balaban J connectivity index is 2.08. The van der Waals surface area contributed by atoms with Gasteiger partial charge >= 0.3 is 0 Å². The molecule has 0 aliphatic rings. The number of halogens is 1. The van der Waals surface area contributed by atoms with Gasteiger partial charge in [-0.05, 0) is 35.0 Å². The molecule has 0 saturated carbocycles. The molecule has 1 heterocycles. The normalized spacial score (nSPS) is 10.3. The van der Waals surface area contributed by atoms with Gasteiger partial charge in [0.2, 0.25) is 11.3 Å². The van der Waals surface area contributed by atoms with Crippen molar-refractivity contribution in [2.45, 2.75) is 13.5 Å². The highest BCUT2D eigenvalue weighted by molar-refractivity contribution is 9.10. The number of carbonyl (C=O) groups excluding carboxylic acids is 1. The fraction of sp³-hybridized carbons (Fsp3) is 0.143. The SMILES string of the molecule is Cc1ccc(NC(=O)Cn2cc(N)c(=O)c(Br)c2)cc1. The molecule has 2 aromatic rings. The molecule has 20 heavy (non-hydrogen) atoms. The molecule has 0 saturated heterocycles. The molecule has 2 rings (SSSR count). The number of rotatable bonds is 3. The highest BCUT2D eigenvalue weighted by Crippen LogP contribution is 2.10. The number of hydrogen-bond acceptors (Lipinski definition) is 3. The molecule has 1 aromatic carbocycles. The van der Waals surface area contributed by atoms with Crippen LogP contribution in [-0.2, 0) is 11.3 Å². The van der Waals surface area contributed by atoms with Gasteiger partial charge in [0, 0.05) is 18.1 Å². The van der Waals surface area contributed by atoms with Crippen LogP contribution >= 0.6 is 15.9 Å². The third-order valence-electron chi connectivity index (χ3n) is 2.72. The topological polar surface area (TPSA) is 77.1 Å². The summed E-state index contributed by atoms with van der Waals surface area (Å²) < 4.78 is 1.89. The molecule has 5 nitrogen and oxygen atoms in total. The molecule has 6 heteroatoms.